The molecule has 2 aliphatic rings. The molecular weight excluding hydrogens is 460 g/mol. The molecule has 2 aliphatic heterocycles. The number of fused-ring (bicyclic) bond motifs is 2. The van der Waals surface area contributed by atoms with Gasteiger partial charge in [0.2, 0.25) is 11.9 Å². The van der Waals surface area contributed by atoms with Crippen LogP contribution in [0.3, 0.4) is 0 Å². The van der Waals surface area contributed by atoms with Crippen LogP contribution in [-0.4, -0.2) is 65.8 Å². The van der Waals surface area contributed by atoms with Gasteiger partial charge in [-0.3, -0.25) is 28.6 Å². The minimum atomic E-state index is -0.887. The molecular formula is C22H22N6O7. The van der Waals surface area contributed by atoms with Crippen LogP contribution in [0.15, 0.2) is 35.4 Å². The molecule has 3 atom stereocenters. The molecule has 1 aromatic carbocycles. The maximum Gasteiger partial charge on any atom is 0.289 e. The molecule has 2 amide bonds. The number of benzene rings is 1. The number of nitrogens with zero attached hydrogens (tertiary/aromatic N) is 5. The summed E-state index contributed by atoms with van der Waals surface area (Å²) in [5.41, 5.74) is 5.66. The summed E-state index contributed by atoms with van der Waals surface area (Å²) in [5.74, 6) is -2.51. The van der Waals surface area contributed by atoms with Crippen molar-refractivity contribution in [2.45, 2.75) is 38.7 Å². The number of aliphatic hydroxyl groups excluding tert-OH is 1. The largest absolute Gasteiger partial charge is 0.394 e. The average molecular weight is 482 g/mol. The van der Waals surface area contributed by atoms with Crippen LogP contribution in [0, 0.1) is 5.92 Å². The number of imidazole rings is 1. The highest BCUT2D eigenvalue weighted by Crippen LogP contribution is 2.34. The van der Waals surface area contributed by atoms with Gasteiger partial charge in [0.25, 0.3) is 17.4 Å². The number of hydrogen-bond donors (Lipinski definition) is 2. The fourth-order valence-corrected chi connectivity index (χ4v) is 4.21. The summed E-state index contributed by atoms with van der Waals surface area (Å²) in [6.45, 7) is 2.81. The van der Waals surface area contributed by atoms with E-state index in [-0.39, 0.29) is 34.7 Å². The number of rotatable bonds is 5. The van der Waals surface area contributed by atoms with Crippen molar-refractivity contribution in [2.75, 3.05) is 12.3 Å². The van der Waals surface area contributed by atoms with Gasteiger partial charge in [0, 0.05) is 12.3 Å². The maximum atomic E-state index is 12.9. The van der Waals surface area contributed by atoms with Crippen molar-refractivity contribution < 1.29 is 29.1 Å². The Labute approximate surface area is 197 Å². The number of ether oxygens (including phenoxy) is 1. The zero-order valence-electron chi connectivity index (χ0n) is 18.8. The Morgan fingerprint density at radius 3 is 2.49 bits per heavy atom. The lowest BCUT2D eigenvalue weighted by Gasteiger charge is -2.21. The number of carbonyl (C=O) groups is 3. The molecule has 4 heterocycles. The molecule has 0 bridgehead atoms. The highest BCUT2D eigenvalue weighted by atomic mass is 16.7. The Morgan fingerprint density at radius 2 is 1.89 bits per heavy atom. The van der Waals surface area contributed by atoms with Crippen LogP contribution in [0.4, 0.5) is 5.95 Å². The normalized spacial score (nSPS) is 21.9. The van der Waals surface area contributed by atoms with Crippen molar-refractivity contribution in [2.24, 2.45) is 5.92 Å². The van der Waals surface area contributed by atoms with E-state index in [9.17, 15) is 24.3 Å². The number of hydroxylamine groups is 2. The first-order valence-electron chi connectivity index (χ1n) is 10.9. The van der Waals surface area contributed by atoms with Gasteiger partial charge in [-0.2, -0.15) is 4.98 Å². The van der Waals surface area contributed by atoms with Crippen molar-refractivity contribution in [3.8, 4) is 0 Å². The average Bonchev–Trinajstić information content (AvgIpc) is 3.50. The smallest absolute Gasteiger partial charge is 0.289 e. The van der Waals surface area contributed by atoms with Gasteiger partial charge >= 0.3 is 0 Å². The van der Waals surface area contributed by atoms with Gasteiger partial charge in [-0.1, -0.05) is 26.0 Å². The van der Waals surface area contributed by atoms with E-state index in [1.54, 1.807) is 26.0 Å². The number of aliphatic hydroxyl groups is 1. The van der Waals surface area contributed by atoms with Gasteiger partial charge < -0.3 is 15.6 Å². The van der Waals surface area contributed by atoms with Crippen molar-refractivity contribution in [3.63, 3.8) is 0 Å². The minimum Gasteiger partial charge on any atom is -0.394 e. The molecule has 0 aliphatic carbocycles. The highest BCUT2D eigenvalue weighted by Gasteiger charge is 2.44. The summed E-state index contributed by atoms with van der Waals surface area (Å²) >= 11 is 0. The van der Waals surface area contributed by atoms with Gasteiger partial charge in [0.05, 0.1) is 24.1 Å². The van der Waals surface area contributed by atoms with E-state index in [0.29, 0.717) is 5.06 Å². The lowest BCUT2D eigenvalue weighted by Crippen LogP contribution is -2.39. The molecule has 182 valence electrons. The molecule has 0 saturated carbocycles. The van der Waals surface area contributed by atoms with E-state index >= 15 is 0 Å². The molecule has 1 saturated heterocycles. The maximum absolute atomic E-state index is 12.9. The monoisotopic (exact) mass is 482 g/mol. The SMILES string of the molecule is CC(C)C(=O)n1c(N)nc2c(ncn2[C@H]2C[C@H](ON3C(=O)c4ccccc4C3=O)[C@@H](CO)O2)c1=O. The van der Waals surface area contributed by atoms with Crippen LogP contribution >= 0.6 is 0 Å². The molecule has 3 aromatic rings. The fraction of sp³-hybridized carbons (Fsp3) is 0.364. The topological polar surface area (TPSA) is 172 Å². The van der Waals surface area contributed by atoms with Crippen LogP contribution < -0.4 is 11.3 Å². The number of amides is 2. The summed E-state index contributed by atoms with van der Waals surface area (Å²) in [6, 6.07) is 6.34. The quantitative estimate of drug-likeness (QED) is 0.483. The number of carbonyl (C=O) groups excluding carboxylic acids is 3. The van der Waals surface area contributed by atoms with Gasteiger partial charge in [-0.05, 0) is 12.1 Å². The second kappa shape index (κ2) is 8.37. The predicted octanol–water partition coefficient (Wildman–Crippen LogP) is 0.348. The molecule has 3 N–H and O–H groups in total. The predicted molar refractivity (Wildman–Crippen MR) is 119 cm³/mol. The Morgan fingerprint density at radius 1 is 1.23 bits per heavy atom. The van der Waals surface area contributed by atoms with E-state index in [0.717, 1.165) is 4.57 Å². The van der Waals surface area contributed by atoms with E-state index in [1.165, 1.54) is 23.0 Å². The fourth-order valence-electron chi connectivity index (χ4n) is 4.21. The van der Waals surface area contributed by atoms with Crippen LogP contribution in [0.1, 0.15) is 52.0 Å². The molecule has 13 nitrogen and oxygen atoms in total. The van der Waals surface area contributed by atoms with Crippen molar-refractivity contribution >= 4 is 34.8 Å². The molecule has 35 heavy (non-hydrogen) atoms. The first-order valence-corrected chi connectivity index (χ1v) is 10.9. The number of imide groups is 1. The molecule has 0 radical (unpaired) electrons. The van der Waals surface area contributed by atoms with Crippen molar-refractivity contribution in [1.82, 2.24) is 24.2 Å². The van der Waals surface area contributed by atoms with E-state index in [2.05, 4.69) is 9.97 Å². The molecule has 0 unspecified atom stereocenters. The van der Waals surface area contributed by atoms with Crippen molar-refractivity contribution in [1.29, 1.82) is 0 Å². The van der Waals surface area contributed by atoms with Crippen LogP contribution in [-0.2, 0) is 9.57 Å². The molecule has 2 aromatic heterocycles. The highest BCUT2D eigenvalue weighted by molar-refractivity contribution is 6.20. The molecule has 1 fully saturated rings. The summed E-state index contributed by atoms with van der Waals surface area (Å²) in [6.07, 6.45) is -1.15. The second-order valence-electron chi connectivity index (χ2n) is 8.57. The van der Waals surface area contributed by atoms with Crippen LogP contribution in [0.5, 0.6) is 0 Å². The van der Waals surface area contributed by atoms with Gasteiger partial charge in [-0.15, -0.1) is 5.06 Å². The summed E-state index contributed by atoms with van der Waals surface area (Å²) in [5, 5.41) is 10.5. The number of hydrogen-bond acceptors (Lipinski definition) is 10. The molecule has 5 rings (SSSR count). The van der Waals surface area contributed by atoms with Crippen LogP contribution in [0.2, 0.25) is 0 Å². The summed E-state index contributed by atoms with van der Waals surface area (Å²) < 4.78 is 8.09. The third-order valence-corrected chi connectivity index (χ3v) is 6.01. The van der Waals surface area contributed by atoms with E-state index in [4.69, 9.17) is 15.3 Å². The zero-order valence-corrected chi connectivity index (χ0v) is 18.8. The number of nitrogens with two attached hydrogens (primary N) is 1. The van der Waals surface area contributed by atoms with E-state index < -0.39 is 54.2 Å². The number of nitrogen functional groups attached to an aromatic ring is 1. The van der Waals surface area contributed by atoms with Gasteiger partial charge in [-0.25, -0.2) is 9.55 Å². The van der Waals surface area contributed by atoms with Gasteiger partial charge in [0.15, 0.2) is 11.2 Å². The van der Waals surface area contributed by atoms with Crippen molar-refractivity contribution in [3.05, 3.63) is 52.1 Å². The first kappa shape index (κ1) is 22.8. The standard InChI is InChI=1S/C22H22N6O7/c1-10(2)18(30)27-21(33)16-17(25-22(27)23)26(9-24-16)15-7-13(14(8-29)34-15)35-28-19(31)11-5-3-4-6-12(11)20(28)32/h3-6,9-10,13-15,29H,7-8H2,1-2H3,(H2,23,25)/t13-,14+,15+/m0/s1. The number of anilines is 1. The Balaban J connectivity index is 1.43. The summed E-state index contributed by atoms with van der Waals surface area (Å²) in [7, 11) is 0. The third-order valence-electron chi connectivity index (χ3n) is 6.01. The molecule has 0 spiro atoms. The molecule has 13 heteroatoms. The summed E-state index contributed by atoms with van der Waals surface area (Å²) in [4.78, 5) is 64.6. The van der Waals surface area contributed by atoms with Gasteiger partial charge in [0.1, 0.15) is 18.4 Å². The minimum absolute atomic E-state index is 0.0814. The zero-order chi connectivity index (χ0) is 25.0. The lowest BCUT2D eigenvalue weighted by molar-refractivity contribution is -0.155. The lowest BCUT2D eigenvalue weighted by atomic mass is 10.1. The Kier molecular flexibility index (Phi) is 5.46. The van der Waals surface area contributed by atoms with Crippen LogP contribution in [0.25, 0.3) is 11.2 Å². The second-order valence-corrected chi connectivity index (χ2v) is 8.57. The Bertz CT molecular complexity index is 1390. The third kappa shape index (κ3) is 3.51. The Hall–Kier alpha value is -3.94. The first-order chi connectivity index (χ1) is 16.7. The number of aromatic nitrogens is 4. The van der Waals surface area contributed by atoms with E-state index in [1.807, 2.05) is 0 Å².